The molecule has 1 aromatic carbocycles. The molecule has 0 saturated carbocycles. The molecule has 1 atom stereocenters. The van der Waals surface area contributed by atoms with Crippen LogP contribution in [-0.4, -0.2) is 33.8 Å². The molecule has 2 N–H and O–H groups in total. The highest BCUT2D eigenvalue weighted by Crippen LogP contribution is 2.30. The minimum absolute atomic E-state index is 0.247. The van der Waals surface area contributed by atoms with Crippen LogP contribution in [0, 0.1) is 5.92 Å². The number of nitrogens with zero attached hydrogens (tertiary/aromatic N) is 4. The Bertz CT molecular complexity index is 680. The first kappa shape index (κ1) is 15.5. The van der Waals surface area contributed by atoms with Crippen LogP contribution < -0.4 is 10.6 Å². The van der Waals surface area contributed by atoms with Gasteiger partial charge in [-0.1, -0.05) is 44.2 Å². The van der Waals surface area contributed by atoms with Gasteiger partial charge >= 0.3 is 0 Å². The molecule has 1 fully saturated rings. The number of rotatable bonds is 5. The van der Waals surface area contributed by atoms with Gasteiger partial charge < -0.3 is 10.6 Å². The summed E-state index contributed by atoms with van der Waals surface area (Å²) in [5.41, 5.74) is 6.79. The van der Waals surface area contributed by atoms with E-state index in [1.165, 1.54) is 5.56 Å². The van der Waals surface area contributed by atoms with Crippen LogP contribution in [0.25, 0.3) is 0 Å². The Balaban J connectivity index is 1.84. The molecule has 1 saturated heterocycles. The fourth-order valence-corrected chi connectivity index (χ4v) is 3.18. The van der Waals surface area contributed by atoms with Crippen LogP contribution in [0.5, 0.6) is 0 Å². The first-order valence-electron chi connectivity index (χ1n) is 8.09. The molecule has 122 valence electrons. The smallest absolute Gasteiger partial charge is 0.286 e. The van der Waals surface area contributed by atoms with Crippen LogP contribution in [0.15, 0.2) is 30.3 Å². The maximum absolute atomic E-state index is 11.6. The van der Waals surface area contributed by atoms with Crippen molar-refractivity contribution in [2.24, 2.45) is 11.7 Å². The summed E-state index contributed by atoms with van der Waals surface area (Å²) in [6, 6.07) is 10.5. The van der Waals surface area contributed by atoms with Crippen LogP contribution in [0.3, 0.4) is 0 Å². The zero-order valence-corrected chi connectivity index (χ0v) is 13.6. The third-order valence-electron chi connectivity index (χ3n) is 4.24. The topological polar surface area (TPSA) is 77.0 Å². The van der Waals surface area contributed by atoms with Crippen LogP contribution in [0.4, 0.5) is 5.95 Å². The van der Waals surface area contributed by atoms with Gasteiger partial charge in [-0.3, -0.25) is 9.36 Å². The molecule has 3 rings (SSSR count). The Morgan fingerprint density at radius 2 is 2.04 bits per heavy atom. The summed E-state index contributed by atoms with van der Waals surface area (Å²) in [5.74, 6) is 1.35. The third kappa shape index (κ3) is 3.21. The van der Waals surface area contributed by atoms with Gasteiger partial charge in [-0.2, -0.15) is 0 Å². The van der Waals surface area contributed by atoms with Crippen molar-refractivity contribution < 1.29 is 4.79 Å². The predicted molar refractivity (Wildman–Crippen MR) is 89.4 cm³/mol. The van der Waals surface area contributed by atoms with Gasteiger partial charge in [-0.15, -0.1) is 10.2 Å². The number of hydrogen-bond donors (Lipinski definition) is 1. The van der Waals surface area contributed by atoms with Crippen LogP contribution in [0.1, 0.15) is 42.4 Å². The number of carbonyl (C=O) groups is 1. The van der Waals surface area contributed by atoms with Crippen molar-refractivity contribution in [3.8, 4) is 0 Å². The normalized spacial score (nSPS) is 17.9. The van der Waals surface area contributed by atoms with Gasteiger partial charge in [0.2, 0.25) is 11.8 Å². The Hall–Kier alpha value is -2.37. The quantitative estimate of drug-likeness (QED) is 0.916. The molecule has 1 aromatic heterocycles. The van der Waals surface area contributed by atoms with E-state index >= 15 is 0 Å². The molecule has 0 bridgehead atoms. The average molecular weight is 313 g/mol. The zero-order chi connectivity index (χ0) is 16.4. The molecular formula is C17H23N5O. The molecular weight excluding hydrogens is 290 g/mol. The van der Waals surface area contributed by atoms with E-state index < -0.39 is 5.91 Å². The minimum Gasteiger partial charge on any atom is -0.363 e. The number of anilines is 1. The molecule has 1 amide bonds. The van der Waals surface area contributed by atoms with Crippen LogP contribution >= 0.6 is 0 Å². The second-order valence-electron chi connectivity index (χ2n) is 6.53. The lowest BCUT2D eigenvalue weighted by molar-refractivity contribution is 0.0985. The van der Waals surface area contributed by atoms with Crippen molar-refractivity contribution in [3.63, 3.8) is 0 Å². The Labute approximate surface area is 136 Å². The molecule has 23 heavy (non-hydrogen) atoms. The number of aromatic nitrogens is 3. The van der Waals surface area contributed by atoms with Crippen molar-refractivity contribution in [1.82, 2.24) is 14.8 Å². The molecule has 1 unspecified atom stereocenters. The van der Waals surface area contributed by atoms with Gasteiger partial charge in [0, 0.05) is 25.6 Å². The summed E-state index contributed by atoms with van der Waals surface area (Å²) in [7, 11) is 0. The standard InChI is InChI=1S/C17H23N5O/c1-12(2)10-22-16(15(18)23)19-20-17(22)21-9-8-14(11-21)13-6-4-3-5-7-13/h3-7,12,14H,8-11H2,1-2H3,(H2,18,23). The highest BCUT2D eigenvalue weighted by Gasteiger charge is 2.29. The Morgan fingerprint density at radius 3 is 2.70 bits per heavy atom. The number of amides is 1. The van der Waals surface area contributed by atoms with E-state index in [4.69, 9.17) is 5.73 Å². The molecule has 0 aliphatic carbocycles. The van der Waals surface area contributed by atoms with Crippen molar-refractivity contribution in [3.05, 3.63) is 41.7 Å². The first-order valence-corrected chi connectivity index (χ1v) is 8.09. The highest BCUT2D eigenvalue weighted by atomic mass is 16.1. The summed E-state index contributed by atoms with van der Waals surface area (Å²) < 4.78 is 1.86. The van der Waals surface area contributed by atoms with Crippen molar-refractivity contribution >= 4 is 11.9 Å². The maximum atomic E-state index is 11.6. The summed E-state index contributed by atoms with van der Waals surface area (Å²) in [4.78, 5) is 13.8. The zero-order valence-electron chi connectivity index (χ0n) is 13.6. The largest absolute Gasteiger partial charge is 0.363 e. The lowest BCUT2D eigenvalue weighted by atomic mass is 9.99. The second-order valence-corrected chi connectivity index (χ2v) is 6.53. The van der Waals surface area contributed by atoms with Crippen LogP contribution in [-0.2, 0) is 6.54 Å². The van der Waals surface area contributed by atoms with E-state index in [0.717, 1.165) is 25.5 Å². The van der Waals surface area contributed by atoms with Gasteiger partial charge in [-0.05, 0) is 17.9 Å². The fourth-order valence-electron chi connectivity index (χ4n) is 3.18. The lowest BCUT2D eigenvalue weighted by Gasteiger charge is -2.20. The van der Waals surface area contributed by atoms with Crippen molar-refractivity contribution in [2.75, 3.05) is 18.0 Å². The second kappa shape index (κ2) is 6.40. The molecule has 6 heteroatoms. The Morgan fingerprint density at radius 1 is 1.30 bits per heavy atom. The van der Waals surface area contributed by atoms with E-state index in [1.54, 1.807) is 0 Å². The van der Waals surface area contributed by atoms with Crippen molar-refractivity contribution in [2.45, 2.75) is 32.7 Å². The maximum Gasteiger partial charge on any atom is 0.286 e. The van der Waals surface area contributed by atoms with Gasteiger partial charge in [0.05, 0.1) is 0 Å². The summed E-state index contributed by atoms with van der Waals surface area (Å²) in [5, 5.41) is 8.25. The summed E-state index contributed by atoms with van der Waals surface area (Å²) in [6.45, 7) is 6.69. The Kier molecular flexibility index (Phi) is 4.32. The van der Waals surface area contributed by atoms with E-state index in [-0.39, 0.29) is 5.82 Å². The molecule has 2 heterocycles. The summed E-state index contributed by atoms with van der Waals surface area (Å²) in [6.07, 6.45) is 1.07. The number of nitrogens with two attached hydrogens (primary N) is 1. The number of primary amides is 1. The third-order valence-corrected chi connectivity index (χ3v) is 4.24. The predicted octanol–water partition coefficient (Wildman–Crippen LogP) is 2.03. The molecule has 0 spiro atoms. The highest BCUT2D eigenvalue weighted by molar-refractivity contribution is 5.89. The van der Waals surface area contributed by atoms with Gasteiger partial charge in [0.25, 0.3) is 5.91 Å². The molecule has 6 nitrogen and oxygen atoms in total. The van der Waals surface area contributed by atoms with Gasteiger partial charge in [-0.25, -0.2) is 0 Å². The van der Waals surface area contributed by atoms with E-state index in [1.807, 2.05) is 10.6 Å². The average Bonchev–Trinajstić information content (AvgIpc) is 3.14. The lowest BCUT2D eigenvalue weighted by Crippen LogP contribution is -2.26. The molecule has 1 aliphatic heterocycles. The number of carbonyl (C=O) groups excluding carboxylic acids is 1. The molecule has 0 radical (unpaired) electrons. The number of benzene rings is 1. The monoisotopic (exact) mass is 313 g/mol. The first-order chi connectivity index (χ1) is 11.1. The number of hydrogen-bond acceptors (Lipinski definition) is 4. The van der Waals surface area contributed by atoms with Crippen molar-refractivity contribution in [1.29, 1.82) is 0 Å². The van der Waals surface area contributed by atoms with Crippen LogP contribution in [0.2, 0.25) is 0 Å². The molecule has 2 aromatic rings. The van der Waals surface area contributed by atoms with Gasteiger partial charge in [0.15, 0.2) is 0 Å². The molecule has 1 aliphatic rings. The summed E-state index contributed by atoms with van der Waals surface area (Å²) >= 11 is 0. The fraction of sp³-hybridized carbons (Fsp3) is 0.471. The van der Waals surface area contributed by atoms with E-state index in [0.29, 0.717) is 18.4 Å². The van der Waals surface area contributed by atoms with Gasteiger partial charge in [0.1, 0.15) is 0 Å². The minimum atomic E-state index is -0.525. The van der Waals surface area contributed by atoms with E-state index in [2.05, 4.69) is 53.2 Å². The SMILES string of the molecule is CC(C)Cn1c(C(N)=O)nnc1N1CCC(c2ccccc2)C1. The van der Waals surface area contributed by atoms with E-state index in [9.17, 15) is 4.79 Å².